The van der Waals surface area contributed by atoms with Gasteiger partial charge in [-0.1, -0.05) is 0 Å². The predicted molar refractivity (Wildman–Crippen MR) is 110 cm³/mol. The molecular weight excluding hydrogens is 376 g/mol. The number of rotatable bonds is 5. The Kier molecular flexibility index (Phi) is 6.51. The first-order valence-corrected chi connectivity index (χ1v) is 10.4. The van der Waals surface area contributed by atoms with E-state index in [1.807, 2.05) is 43.0 Å². The Hall–Kier alpha value is -2.61. The molecule has 0 radical (unpaired) electrons. The van der Waals surface area contributed by atoms with Crippen molar-refractivity contribution >= 4 is 23.3 Å². The average molecular weight is 403 g/mol. The molecule has 7 nitrogen and oxygen atoms in total. The van der Waals surface area contributed by atoms with Crippen LogP contribution >= 0.6 is 11.3 Å². The van der Waals surface area contributed by atoms with Crippen LogP contribution < -0.4 is 4.74 Å². The van der Waals surface area contributed by atoms with Gasteiger partial charge >= 0.3 is 6.03 Å². The number of urea groups is 1. The molecule has 1 aliphatic rings. The van der Waals surface area contributed by atoms with E-state index in [0.29, 0.717) is 45.0 Å². The zero-order valence-corrected chi connectivity index (χ0v) is 17.4. The molecule has 3 amide bonds. The van der Waals surface area contributed by atoms with Crippen LogP contribution in [0.1, 0.15) is 24.3 Å². The lowest BCUT2D eigenvalue weighted by Crippen LogP contribution is -2.54. The monoisotopic (exact) mass is 402 g/mol. The average Bonchev–Trinajstić information content (AvgIpc) is 3.24. The van der Waals surface area contributed by atoms with E-state index in [9.17, 15) is 9.59 Å². The highest BCUT2D eigenvalue weighted by molar-refractivity contribution is 7.13. The molecule has 3 rings (SSSR count). The van der Waals surface area contributed by atoms with Gasteiger partial charge in [0.1, 0.15) is 16.5 Å². The SMILES string of the molecule is CCN(CC)C(=O)N1CCN(C(=O)c2csc(-c3ccc(OC)cc3)n2)CC1. The molecule has 28 heavy (non-hydrogen) atoms. The van der Waals surface area contributed by atoms with Gasteiger partial charge in [-0.25, -0.2) is 9.78 Å². The first-order valence-electron chi connectivity index (χ1n) is 9.50. The fraction of sp³-hybridized carbons (Fsp3) is 0.450. The van der Waals surface area contributed by atoms with Crippen molar-refractivity contribution in [2.75, 3.05) is 46.4 Å². The Balaban J connectivity index is 1.61. The summed E-state index contributed by atoms with van der Waals surface area (Å²) < 4.78 is 5.17. The Bertz CT molecular complexity index is 809. The Morgan fingerprint density at radius 3 is 2.25 bits per heavy atom. The third-order valence-corrected chi connectivity index (χ3v) is 5.82. The Morgan fingerprint density at radius 2 is 1.68 bits per heavy atom. The van der Waals surface area contributed by atoms with Crippen LogP contribution in [0, 0.1) is 0 Å². The zero-order chi connectivity index (χ0) is 20.1. The summed E-state index contributed by atoms with van der Waals surface area (Å²) >= 11 is 1.45. The van der Waals surface area contributed by atoms with Gasteiger partial charge in [0.25, 0.3) is 5.91 Å². The quantitative estimate of drug-likeness (QED) is 0.771. The number of amides is 3. The van der Waals surface area contributed by atoms with E-state index >= 15 is 0 Å². The van der Waals surface area contributed by atoms with Crippen LogP contribution in [0.4, 0.5) is 4.79 Å². The van der Waals surface area contributed by atoms with E-state index in [1.54, 1.807) is 22.3 Å². The highest BCUT2D eigenvalue weighted by atomic mass is 32.1. The molecule has 2 heterocycles. The summed E-state index contributed by atoms with van der Waals surface area (Å²) in [4.78, 5) is 35.2. The van der Waals surface area contributed by atoms with Crippen LogP contribution in [0.3, 0.4) is 0 Å². The Morgan fingerprint density at radius 1 is 1.07 bits per heavy atom. The minimum absolute atomic E-state index is 0.0487. The molecule has 2 aromatic rings. The number of aromatic nitrogens is 1. The second kappa shape index (κ2) is 9.05. The lowest BCUT2D eigenvalue weighted by atomic mass is 10.2. The van der Waals surface area contributed by atoms with E-state index in [2.05, 4.69) is 4.98 Å². The predicted octanol–water partition coefficient (Wildman–Crippen LogP) is 3.04. The normalized spacial score (nSPS) is 14.1. The number of nitrogens with zero attached hydrogens (tertiary/aromatic N) is 4. The lowest BCUT2D eigenvalue weighted by molar-refractivity contribution is 0.0637. The fourth-order valence-electron chi connectivity index (χ4n) is 3.20. The number of benzene rings is 1. The third kappa shape index (κ3) is 4.27. The lowest BCUT2D eigenvalue weighted by Gasteiger charge is -2.36. The van der Waals surface area contributed by atoms with Gasteiger partial charge in [0.15, 0.2) is 0 Å². The summed E-state index contributed by atoms with van der Waals surface area (Å²) in [5.41, 5.74) is 1.42. The molecule has 1 fully saturated rings. The fourth-order valence-corrected chi connectivity index (χ4v) is 4.00. The van der Waals surface area contributed by atoms with Crippen LogP contribution in [0.25, 0.3) is 10.6 Å². The van der Waals surface area contributed by atoms with E-state index in [4.69, 9.17) is 4.74 Å². The maximum atomic E-state index is 12.8. The molecular formula is C20H26N4O3S. The van der Waals surface area contributed by atoms with Crippen LogP contribution in [0.5, 0.6) is 5.75 Å². The van der Waals surface area contributed by atoms with Crippen molar-refractivity contribution in [2.45, 2.75) is 13.8 Å². The number of carbonyl (C=O) groups excluding carboxylic acids is 2. The standard InChI is InChI=1S/C20H26N4O3S/c1-4-22(5-2)20(26)24-12-10-23(11-13-24)19(25)17-14-28-18(21-17)15-6-8-16(27-3)9-7-15/h6-9,14H,4-5,10-13H2,1-3H3. The van der Waals surface area contributed by atoms with E-state index in [1.165, 1.54) is 11.3 Å². The van der Waals surface area contributed by atoms with Gasteiger partial charge < -0.3 is 19.4 Å². The summed E-state index contributed by atoms with van der Waals surface area (Å²) in [7, 11) is 1.63. The van der Waals surface area contributed by atoms with Crippen molar-refractivity contribution in [2.24, 2.45) is 0 Å². The molecule has 0 aliphatic carbocycles. The van der Waals surface area contributed by atoms with Gasteiger partial charge in [-0.15, -0.1) is 11.3 Å². The van der Waals surface area contributed by atoms with Gasteiger partial charge in [0.2, 0.25) is 0 Å². The maximum Gasteiger partial charge on any atom is 0.320 e. The first-order chi connectivity index (χ1) is 13.6. The van der Waals surface area contributed by atoms with Crippen molar-refractivity contribution in [1.82, 2.24) is 19.7 Å². The summed E-state index contributed by atoms with van der Waals surface area (Å²) in [6.45, 7) is 7.51. The number of hydrogen-bond donors (Lipinski definition) is 0. The molecule has 1 aromatic heterocycles. The molecule has 1 aromatic carbocycles. The number of ether oxygens (including phenoxy) is 1. The van der Waals surface area contributed by atoms with Gasteiger partial charge in [-0.05, 0) is 38.1 Å². The largest absolute Gasteiger partial charge is 0.497 e. The second-order valence-corrected chi connectivity index (χ2v) is 7.36. The van der Waals surface area contributed by atoms with Crippen molar-refractivity contribution in [3.63, 3.8) is 0 Å². The van der Waals surface area contributed by atoms with E-state index in [-0.39, 0.29) is 11.9 Å². The van der Waals surface area contributed by atoms with Crippen LogP contribution in [0.15, 0.2) is 29.6 Å². The number of piperazine rings is 1. The highest BCUT2D eigenvalue weighted by Crippen LogP contribution is 2.26. The third-order valence-electron chi connectivity index (χ3n) is 4.93. The number of hydrogen-bond acceptors (Lipinski definition) is 5. The molecule has 1 saturated heterocycles. The highest BCUT2D eigenvalue weighted by Gasteiger charge is 2.27. The molecule has 0 atom stereocenters. The number of carbonyl (C=O) groups is 2. The minimum atomic E-state index is -0.0778. The molecule has 0 saturated carbocycles. The maximum absolute atomic E-state index is 12.8. The summed E-state index contributed by atoms with van der Waals surface area (Å²) in [5, 5.41) is 2.61. The van der Waals surface area contributed by atoms with Crippen molar-refractivity contribution in [1.29, 1.82) is 0 Å². The van der Waals surface area contributed by atoms with Crippen molar-refractivity contribution < 1.29 is 14.3 Å². The van der Waals surface area contributed by atoms with Crippen molar-refractivity contribution in [3.05, 3.63) is 35.3 Å². The first kappa shape index (κ1) is 20.1. The van der Waals surface area contributed by atoms with Crippen molar-refractivity contribution in [3.8, 4) is 16.3 Å². The molecule has 0 spiro atoms. The van der Waals surface area contributed by atoms with Crippen LogP contribution in [0.2, 0.25) is 0 Å². The number of thiazole rings is 1. The molecule has 1 aliphatic heterocycles. The molecule has 150 valence electrons. The molecule has 0 N–H and O–H groups in total. The van der Waals surface area contributed by atoms with E-state index in [0.717, 1.165) is 16.3 Å². The minimum Gasteiger partial charge on any atom is -0.497 e. The van der Waals surface area contributed by atoms with Gasteiger partial charge in [0, 0.05) is 50.2 Å². The number of methoxy groups -OCH3 is 1. The van der Waals surface area contributed by atoms with E-state index < -0.39 is 0 Å². The molecule has 0 unspecified atom stereocenters. The summed E-state index contributed by atoms with van der Waals surface area (Å²) in [6.07, 6.45) is 0. The van der Waals surface area contributed by atoms with Gasteiger partial charge in [-0.3, -0.25) is 4.79 Å². The van der Waals surface area contributed by atoms with Gasteiger partial charge in [-0.2, -0.15) is 0 Å². The molecule has 0 bridgehead atoms. The summed E-state index contributed by atoms with van der Waals surface area (Å²) in [5.74, 6) is 0.708. The smallest absolute Gasteiger partial charge is 0.320 e. The Labute approximate surface area is 169 Å². The van der Waals surface area contributed by atoms with Crippen LogP contribution in [-0.4, -0.2) is 78.0 Å². The summed E-state index contributed by atoms with van der Waals surface area (Å²) in [6, 6.07) is 7.68. The van der Waals surface area contributed by atoms with Gasteiger partial charge in [0.05, 0.1) is 7.11 Å². The topological polar surface area (TPSA) is 66.0 Å². The zero-order valence-electron chi connectivity index (χ0n) is 16.6. The second-order valence-electron chi connectivity index (χ2n) is 6.50. The van der Waals surface area contributed by atoms with Crippen LogP contribution in [-0.2, 0) is 0 Å². The molecule has 8 heteroatoms.